The lowest BCUT2D eigenvalue weighted by Crippen LogP contribution is -2.36. The lowest BCUT2D eigenvalue weighted by Gasteiger charge is -2.38. The van der Waals surface area contributed by atoms with Crippen molar-refractivity contribution in [2.24, 2.45) is 17.8 Å². The van der Waals surface area contributed by atoms with Gasteiger partial charge in [0.05, 0.1) is 12.2 Å². The average molecular weight is 240 g/mol. The third kappa shape index (κ3) is 3.69. The van der Waals surface area contributed by atoms with Crippen LogP contribution in [-0.2, 0) is 4.74 Å². The normalized spacial score (nSPS) is 39.7. The predicted octanol–water partition coefficient (Wildman–Crippen LogP) is 3.38. The Bertz CT molecular complexity index is 223. The van der Waals surface area contributed by atoms with E-state index in [0.717, 1.165) is 24.9 Å². The highest BCUT2D eigenvalue weighted by molar-refractivity contribution is 4.85. The maximum Gasteiger partial charge on any atom is 0.0580 e. The Labute approximate surface area is 106 Å². The first-order valence-corrected chi connectivity index (χ1v) is 7.48. The van der Waals surface area contributed by atoms with Crippen LogP contribution in [0.25, 0.3) is 0 Å². The van der Waals surface area contributed by atoms with Gasteiger partial charge >= 0.3 is 0 Å². The van der Waals surface area contributed by atoms with Crippen LogP contribution in [0.4, 0.5) is 0 Å². The molecule has 0 aromatic rings. The summed E-state index contributed by atoms with van der Waals surface area (Å²) in [6.45, 7) is 5.22. The van der Waals surface area contributed by atoms with E-state index >= 15 is 0 Å². The molecule has 2 aliphatic carbocycles. The monoisotopic (exact) mass is 240 g/mol. The Morgan fingerprint density at radius 2 is 2.00 bits per heavy atom. The minimum atomic E-state index is -0.0506. The summed E-state index contributed by atoms with van der Waals surface area (Å²) in [7, 11) is 0. The second-order valence-corrected chi connectivity index (χ2v) is 6.25. The molecule has 0 heterocycles. The standard InChI is InChI=1S/C15H28O2/c1-3-17-14-8-12(9-14)10-15(16)13-6-4-5-11(2)7-13/h11-16H,3-10H2,1-2H3. The van der Waals surface area contributed by atoms with Crippen molar-refractivity contribution in [3.05, 3.63) is 0 Å². The smallest absolute Gasteiger partial charge is 0.0580 e. The molecule has 0 radical (unpaired) electrons. The summed E-state index contributed by atoms with van der Waals surface area (Å²) in [5, 5.41) is 10.3. The summed E-state index contributed by atoms with van der Waals surface area (Å²) in [6, 6.07) is 0. The van der Waals surface area contributed by atoms with E-state index in [1.165, 1.54) is 38.5 Å². The SMILES string of the molecule is CCOC1CC(CC(O)C2CCCC(C)C2)C1. The molecule has 2 rings (SSSR count). The molecule has 0 spiro atoms. The van der Waals surface area contributed by atoms with E-state index in [-0.39, 0.29) is 6.10 Å². The molecule has 2 heteroatoms. The van der Waals surface area contributed by atoms with Gasteiger partial charge in [0.1, 0.15) is 0 Å². The van der Waals surface area contributed by atoms with Crippen LogP contribution in [0.3, 0.4) is 0 Å². The third-order valence-electron chi connectivity index (χ3n) is 4.69. The van der Waals surface area contributed by atoms with Gasteiger partial charge in [-0.1, -0.05) is 19.8 Å². The Kier molecular flexibility index (Phi) is 4.87. The average Bonchev–Trinajstić information content (AvgIpc) is 2.26. The highest BCUT2D eigenvalue weighted by Crippen LogP contribution is 2.38. The van der Waals surface area contributed by atoms with Crippen molar-refractivity contribution in [3.63, 3.8) is 0 Å². The highest BCUT2D eigenvalue weighted by Gasteiger charge is 2.34. The van der Waals surface area contributed by atoms with Crippen LogP contribution in [0, 0.1) is 17.8 Å². The fourth-order valence-corrected chi connectivity index (χ4v) is 3.60. The summed E-state index contributed by atoms with van der Waals surface area (Å²) >= 11 is 0. The molecule has 17 heavy (non-hydrogen) atoms. The molecular weight excluding hydrogens is 212 g/mol. The van der Waals surface area contributed by atoms with Crippen LogP contribution < -0.4 is 0 Å². The van der Waals surface area contributed by atoms with Crippen LogP contribution in [0.15, 0.2) is 0 Å². The fourth-order valence-electron chi connectivity index (χ4n) is 3.60. The van der Waals surface area contributed by atoms with Gasteiger partial charge in [-0.05, 0) is 56.8 Å². The number of ether oxygens (including phenoxy) is 1. The van der Waals surface area contributed by atoms with Gasteiger partial charge in [-0.2, -0.15) is 0 Å². The number of rotatable bonds is 5. The van der Waals surface area contributed by atoms with Crippen molar-refractivity contribution in [2.75, 3.05) is 6.61 Å². The summed E-state index contributed by atoms with van der Waals surface area (Å²) in [6.07, 6.45) is 8.96. The van der Waals surface area contributed by atoms with Gasteiger partial charge in [0.2, 0.25) is 0 Å². The second-order valence-electron chi connectivity index (χ2n) is 6.25. The van der Waals surface area contributed by atoms with E-state index in [1.54, 1.807) is 0 Å². The van der Waals surface area contributed by atoms with E-state index in [9.17, 15) is 5.11 Å². The van der Waals surface area contributed by atoms with Crippen molar-refractivity contribution in [2.45, 2.75) is 71.0 Å². The molecule has 0 bridgehead atoms. The van der Waals surface area contributed by atoms with Gasteiger partial charge < -0.3 is 9.84 Å². The Hall–Kier alpha value is -0.0800. The van der Waals surface area contributed by atoms with Crippen LogP contribution in [-0.4, -0.2) is 23.9 Å². The largest absolute Gasteiger partial charge is 0.393 e. The summed E-state index contributed by atoms with van der Waals surface area (Å²) < 4.78 is 5.57. The number of hydrogen-bond donors (Lipinski definition) is 1. The topological polar surface area (TPSA) is 29.5 Å². The molecule has 3 atom stereocenters. The van der Waals surface area contributed by atoms with E-state index in [0.29, 0.717) is 12.0 Å². The molecule has 2 fully saturated rings. The molecule has 100 valence electrons. The molecule has 2 nitrogen and oxygen atoms in total. The van der Waals surface area contributed by atoms with E-state index in [1.807, 2.05) is 0 Å². The molecule has 1 N–H and O–H groups in total. The van der Waals surface area contributed by atoms with Crippen molar-refractivity contribution < 1.29 is 9.84 Å². The summed E-state index contributed by atoms with van der Waals surface area (Å²) in [4.78, 5) is 0. The maximum absolute atomic E-state index is 10.3. The Morgan fingerprint density at radius 3 is 2.65 bits per heavy atom. The maximum atomic E-state index is 10.3. The highest BCUT2D eigenvalue weighted by atomic mass is 16.5. The molecule has 0 saturated heterocycles. The lowest BCUT2D eigenvalue weighted by molar-refractivity contribution is -0.0469. The molecule has 0 aliphatic heterocycles. The third-order valence-corrected chi connectivity index (χ3v) is 4.69. The first-order chi connectivity index (χ1) is 8.19. The van der Waals surface area contributed by atoms with E-state index in [4.69, 9.17) is 4.74 Å². The van der Waals surface area contributed by atoms with Crippen molar-refractivity contribution >= 4 is 0 Å². The van der Waals surface area contributed by atoms with Crippen LogP contribution in [0.2, 0.25) is 0 Å². The van der Waals surface area contributed by atoms with Gasteiger partial charge in [0.15, 0.2) is 0 Å². The minimum absolute atomic E-state index is 0.0506. The zero-order valence-electron chi connectivity index (χ0n) is 11.4. The molecule has 2 saturated carbocycles. The van der Waals surface area contributed by atoms with Gasteiger partial charge in [0.25, 0.3) is 0 Å². The molecule has 0 amide bonds. The quantitative estimate of drug-likeness (QED) is 0.798. The molecule has 2 aliphatic rings. The van der Waals surface area contributed by atoms with Gasteiger partial charge in [0, 0.05) is 6.61 Å². The zero-order valence-corrected chi connectivity index (χ0v) is 11.4. The van der Waals surface area contributed by atoms with Gasteiger partial charge in [-0.3, -0.25) is 0 Å². The van der Waals surface area contributed by atoms with E-state index in [2.05, 4.69) is 13.8 Å². The Morgan fingerprint density at radius 1 is 1.24 bits per heavy atom. The Balaban J connectivity index is 1.66. The van der Waals surface area contributed by atoms with Gasteiger partial charge in [-0.15, -0.1) is 0 Å². The number of hydrogen-bond acceptors (Lipinski definition) is 2. The molecular formula is C15H28O2. The van der Waals surface area contributed by atoms with E-state index < -0.39 is 0 Å². The minimum Gasteiger partial charge on any atom is -0.393 e. The van der Waals surface area contributed by atoms with Crippen LogP contribution in [0.5, 0.6) is 0 Å². The number of aliphatic hydroxyl groups is 1. The van der Waals surface area contributed by atoms with Gasteiger partial charge in [-0.25, -0.2) is 0 Å². The number of aliphatic hydroxyl groups excluding tert-OH is 1. The lowest BCUT2D eigenvalue weighted by atomic mass is 9.73. The molecule has 3 unspecified atom stereocenters. The predicted molar refractivity (Wildman–Crippen MR) is 69.9 cm³/mol. The molecule has 0 aromatic heterocycles. The zero-order chi connectivity index (χ0) is 12.3. The van der Waals surface area contributed by atoms with Crippen molar-refractivity contribution in [3.8, 4) is 0 Å². The van der Waals surface area contributed by atoms with Crippen LogP contribution in [0.1, 0.15) is 58.8 Å². The summed E-state index contributed by atoms with van der Waals surface area (Å²) in [5.41, 5.74) is 0. The molecule has 0 aromatic carbocycles. The second kappa shape index (κ2) is 6.19. The first-order valence-electron chi connectivity index (χ1n) is 7.48. The van der Waals surface area contributed by atoms with Crippen molar-refractivity contribution in [1.82, 2.24) is 0 Å². The summed E-state index contributed by atoms with van der Waals surface area (Å²) in [5.74, 6) is 2.12. The van der Waals surface area contributed by atoms with Crippen molar-refractivity contribution in [1.29, 1.82) is 0 Å². The first kappa shape index (κ1) is 13.4. The van der Waals surface area contributed by atoms with Crippen LogP contribution >= 0.6 is 0 Å². The fraction of sp³-hybridized carbons (Fsp3) is 1.00.